The van der Waals surface area contributed by atoms with Crippen LogP contribution in [0.15, 0.2) is 24.3 Å². The molecule has 2 heterocycles. The summed E-state index contributed by atoms with van der Waals surface area (Å²) in [5.74, 6) is 0.941. The molecule has 0 atom stereocenters. The Balaban J connectivity index is 0.00000161. The number of aryl methyl sites for hydroxylation is 2. The fraction of sp³-hybridized carbons (Fsp3) is 0.375. The van der Waals surface area contributed by atoms with Crippen molar-refractivity contribution in [3.05, 3.63) is 35.7 Å². The highest BCUT2D eigenvalue weighted by atomic mass is 35.5. The SMILES string of the molecule is CCCCn1c2ccccc2n2c(C(C)=O)c(C)nc12.Cl. The zero-order valence-electron chi connectivity index (χ0n) is 12.6. The van der Waals surface area contributed by atoms with Crippen molar-refractivity contribution in [3.63, 3.8) is 0 Å². The molecule has 0 N–H and O–H groups in total. The molecule has 3 rings (SSSR count). The second-order valence-electron chi connectivity index (χ2n) is 5.23. The number of halogens is 1. The van der Waals surface area contributed by atoms with Crippen LogP contribution in [-0.4, -0.2) is 19.7 Å². The van der Waals surface area contributed by atoms with Gasteiger partial charge in [0.2, 0.25) is 5.78 Å². The number of aromatic nitrogens is 3. The largest absolute Gasteiger partial charge is 0.310 e. The third-order valence-electron chi connectivity index (χ3n) is 3.76. The highest BCUT2D eigenvalue weighted by molar-refractivity contribution is 5.97. The number of fused-ring (bicyclic) bond motifs is 3. The van der Waals surface area contributed by atoms with Gasteiger partial charge in [-0.05, 0) is 25.5 Å². The summed E-state index contributed by atoms with van der Waals surface area (Å²) < 4.78 is 4.22. The van der Waals surface area contributed by atoms with Crippen LogP contribution in [0.25, 0.3) is 16.8 Å². The first kappa shape index (κ1) is 15.6. The van der Waals surface area contributed by atoms with Crippen LogP contribution in [0, 0.1) is 6.92 Å². The topological polar surface area (TPSA) is 39.3 Å². The van der Waals surface area contributed by atoms with Crippen LogP contribution in [0.2, 0.25) is 0 Å². The minimum atomic E-state index is 0. The molecule has 0 saturated carbocycles. The summed E-state index contributed by atoms with van der Waals surface area (Å²) in [7, 11) is 0. The van der Waals surface area contributed by atoms with Crippen LogP contribution >= 0.6 is 12.4 Å². The molecule has 0 aliphatic heterocycles. The van der Waals surface area contributed by atoms with Crippen LogP contribution in [0.4, 0.5) is 0 Å². The standard InChI is InChI=1S/C16H19N3O.ClH/c1-4-5-10-18-13-8-6-7-9-14(13)19-15(12(3)20)11(2)17-16(18)19;/h6-9H,4-5,10H2,1-3H3;1H. The van der Waals surface area contributed by atoms with Crippen molar-refractivity contribution in [1.29, 1.82) is 0 Å². The Bertz CT molecular complexity index is 801. The lowest BCUT2D eigenvalue weighted by Crippen LogP contribution is -2.00. The molecule has 0 unspecified atom stereocenters. The summed E-state index contributed by atoms with van der Waals surface area (Å²) in [6.45, 7) is 6.62. The summed E-state index contributed by atoms with van der Waals surface area (Å²) in [4.78, 5) is 16.6. The Morgan fingerprint density at radius 2 is 1.90 bits per heavy atom. The molecule has 0 aliphatic carbocycles. The van der Waals surface area contributed by atoms with E-state index in [1.807, 2.05) is 23.5 Å². The number of para-hydroxylation sites is 2. The molecule has 2 aromatic heterocycles. The minimum Gasteiger partial charge on any atom is -0.310 e. The number of Topliss-reactive ketones (excluding diaryl/α,β-unsaturated/α-hetero) is 1. The third-order valence-corrected chi connectivity index (χ3v) is 3.76. The van der Waals surface area contributed by atoms with E-state index in [0.29, 0.717) is 5.69 Å². The maximum absolute atomic E-state index is 11.9. The van der Waals surface area contributed by atoms with Crippen molar-refractivity contribution in [1.82, 2.24) is 14.0 Å². The quantitative estimate of drug-likeness (QED) is 0.683. The van der Waals surface area contributed by atoms with E-state index in [2.05, 4.69) is 28.6 Å². The molecule has 0 saturated heterocycles. The monoisotopic (exact) mass is 305 g/mol. The Labute approximate surface area is 130 Å². The van der Waals surface area contributed by atoms with E-state index in [0.717, 1.165) is 41.9 Å². The van der Waals surface area contributed by atoms with Gasteiger partial charge in [0.1, 0.15) is 5.69 Å². The number of nitrogens with zero attached hydrogens (tertiary/aromatic N) is 3. The average molecular weight is 306 g/mol. The number of unbranched alkanes of at least 4 members (excludes halogenated alkanes) is 1. The molecule has 0 bridgehead atoms. The van der Waals surface area contributed by atoms with Crippen molar-refractivity contribution >= 4 is 35.0 Å². The van der Waals surface area contributed by atoms with Gasteiger partial charge < -0.3 is 4.57 Å². The molecular weight excluding hydrogens is 286 g/mol. The van der Waals surface area contributed by atoms with Gasteiger partial charge in [-0.1, -0.05) is 25.5 Å². The van der Waals surface area contributed by atoms with Gasteiger partial charge in [0.15, 0.2) is 5.78 Å². The maximum atomic E-state index is 11.9. The second kappa shape index (κ2) is 5.90. The summed E-state index contributed by atoms with van der Waals surface area (Å²) in [6, 6.07) is 8.19. The van der Waals surface area contributed by atoms with Gasteiger partial charge in [0, 0.05) is 13.5 Å². The number of hydrogen-bond acceptors (Lipinski definition) is 2. The Kier molecular flexibility index (Phi) is 4.37. The molecule has 0 radical (unpaired) electrons. The van der Waals surface area contributed by atoms with Gasteiger partial charge in [0.05, 0.1) is 16.7 Å². The third kappa shape index (κ3) is 2.33. The van der Waals surface area contributed by atoms with E-state index in [-0.39, 0.29) is 18.2 Å². The van der Waals surface area contributed by atoms with Gasteiger partial charge in [-0.15, -0.1) is 12.4 Å². The van der Waals surface area contributed by atoms with E-state index in [4.69, 9.17) is 0 Å². The lowest BCUT2D eigenvalue weighted by Gasteiger charge is -2.02. The van der Waals surface area contributed by atoms with E-state index in [1.165, 1.54) is 0 Å². The smallest absolute Gasteiger partial charge is 0.215 e. The molecule has 0 spiro atoms. The molecule has 4 nitrogen and oxygen atoms in total. The molecular formula is C16H20ClN3O. The van der Waals surface area contributed by atoms with Crippen molar-refractivity contribution in [2.24, 2.45) is 0 Å². The van der Waals surface area contributed by atoms with Gasteiger partial charge in [-0.25, -0.2) is 4.98 Å². The summed E-state index contributed by atoms with van der Waals surface area (Å²) >= 11 is 0. The molecule has 1 aromatic carbocycles. The minimum absolute atomic E-state index is 0. The first-order valence-electron chi connectivity index (χ1n) is 7.12. The highest BCUT2D eigenvalue weighted by Crippen LogP contribution is 2.24. The number of carbonyl (C=O) groups excluding carboxylic acids is 1. The zero-order valence-corrected chi connectivity index (χ0v) is 13.4. The van der Waals surface area contributed by atoms with Crippen LogP contribution < -0.4 is 0 Å². The fourth-order valence-corrected chi connectivity index (χ4v) is 2.86. The number of carbonyl (C=O) groups is 1. The Hall–Kier alpha value is -1.81. The van der Waals surface area contributed by atoms with E-state index >= 15 is 0 Å². The van der Waals surface area contributed by atoms with Gasteiger partial charge >= 0.3 is 0 Å². The number of ketones is 1. The first-order chi connectivity index (χ1) is 9.65. The lowest BCUT2D eigenvalue weighted by atomic mass is 10.2. The second-order valence-corrected chi connectivity index (χ2v) is 5.23. The lowest BCUT2D eigenvalue weighted by molar-refractivity contribution is 0.101. The zero-order chi connectivity index (χ0) is 14.3. The van der Waals surface area contributed by atoms with E-state index < -0.39 is 0 Å². The first-order valence-corrected chi connectivity index (χ1v) is 7.12. The molecule has 112 valence electrons. The van der Waals surface area contributed by atoms with E-state index in [9.17, 15) is 4.79 Å². The molecule has 5 heteroatoms. The normalized spacial score (nSPS) is 11.0. The number of imidazole rings is 2. The van der Waals surface area contributed by atoms with Crippen LogP contribution in [-0.2, 0) is 6.54 Å². The van der Waals surface area contributed by atoms with Crippen molar-refractivity contribution in [2.75, 3.05) is 0 Å². The van der Waals surface area contributed by atoms with Gasteiger partial charge in [0.25, 0.3) is 0 Å². The molecule has 21 heavy (non-hydrogen) atoms. The molecule has 0 aliphatic rings. The van der Waals surface area contributed by atoms with Gasteiger partial charge in [-0.2, -0.15) is 0 Å². The van der Waals surface area contributed by atoms with Gasteiger partial charge in [-0.3, -0.25) is 9.20 Å². The molecule has 0 amide bonds. The van der Waals surface area contributed by atoms with Crippen molar-refractivity contribution in [2.45, 2.75) is 40.2 Å². The van der Waals surface area contributed by atoms with Crippen molar-refractivity contribution < 1.29 is 4.79 Å². The average Bonchev–Trinajstić information content (AvgIpc) is 2.90. The fourth-order valence-electron chi connectivity index (χ4n) is 2.86. The Morgan fingerprint density at radius 1 is 1.24 bits per heavy atom. The van der Waals surface area contributed by atoms with Crippen LogP contribution in [0.5, 0.6) is 0 Å². The molecule has 3 aromatic rings. The summed E-state index contributed by atoms with van der Waals surface area (Å²) in [6.07, 6.45) is 2.24. The number of hydrogen-bond donors (Lipinski definition) is 0. The van der Waals surface area contributed by atoms with Crippen LogP contribution in [0.1, 0.15) is 42.9 Å². The maximum Gasteiger partial charge on any atom is 0.215 e. The highest BCUT2D eigenvalue weighted by Gasteiger charge is 2.19. The number of benzene rings is 1. The van der Waals surface area contributed by atoms with Crippen LogP contribution in [0.3, 0.4) is 0 Å². The predicted octanol–water partition coefficient (Wildman–Crippen LogP) is 4.02. The number of rotatable bonds is 4. The predicted molar refractivity (Wildman–Crippen MR) is 87.6 cm³/mol. The Morgan fingerprint density at radius 3 is 2.52 bits per heavy atom. The van der Waals surface area contributed by atoms with Crippen molar-refractivity contribution in [3.8, 4) is 0 Å². The summed E-state index contributed by atoms with van der Waals surface area (Å²) in [5.41, 5.74) is 3.71. The summed E-state index contributed by atoms with van der Waals surface area (Å²) in [5, 5.41) is 0. The molecule has 0 fully saturated rings. The van der Waals surface area contributed by atoms with E-state index in [1.54, 1.807) is 6.92 Å².